The third-order valence-corrected chi connectivity index (χ3v) is 5.63. The highest BCUT2D eigenvalue weighted by atomic mass is 16.5. The van der Waals surface area contributed by atoms with E-state index < -0.39 is 5.97 Å². The van der Waals surface area contributed by atoms with Crippen LogP contribution < -0.4 is 9.64 Å². The molecule has 2 amide bonds. The molecule has 162 valence electrons. The number of amides is 2. The van der Waals surface area contributed by atoms with Gasteiger partial charge in [0.1, 0.15) is 5.75 Å². The molecule has 2 aromatic rings. The van der Waals surface area contributed by atoms with E-state index >= 15 is 0 Å². The number of anilines is 1. The number of ether oxygens (including phenoxy) is 2. The predicted molar refractivity (Wildman–Crippen MR) is 115 cm³/mol. The number of nitrogens with zero attached hydrogens (tertiary/aromatic N) is 2. The van der Waals surface area contributed by atoms with Gasteiger partial charge in [0.2, 0.25) is 5.91 Å². The van der Waals surface area contributed by atoms with Crippen LogP contribution in [-0.2, 0) is 20.9 Å². The Labute approximate surface area is 181 Å². The summed E-state index contributed by atoms with van der Waals surface area (Å²) in [6.07, 6.45) is 3.15. The first-order valence-corrected chi connectivity index (χ1v) is 10.6. The van der Waals surface area contributed by atoms with Crippen molar-refractivity contribution in [2.45, 2.75) is 38.3 Å². The highest BCUT2D eigenvalue weighted by Gasteiger charge is 2.33. The zero-order chi connectivity index (χ0) is 21.8. The molecular weight excluding hydrogens is 396 g/mol. The minimum absolute atomic E-state index is 0.00396. The fourth-order valence-corrected chi connectivity index (χ4v) is 3.81. The van der Waals surface area contributed by atoms with Gasteiger partial charge in [0.15, 0.2) is 6.61 Å². The molecule has 1 aliphatic heterocycles. The van der Waals surface area contributed by atoms with E-state index in [4.69, 9.17) is 9.47 Å². The standard InChI is InChI=1S/C24H26N2O5/c1-30-19-12-8-17(9-13-19)15-26(18-10-11-18)23(28)16-31-24(29)20-5-2-3-6-21(20)25-14-4-7-22(25)27/h2-3,5-6,8-9,12-13,18H,4,7,10-11,14-16H2,1H3. The molecule has 0 bridgehead atoms. The van der Waals surface area contributed by atoms with Crippen LogP contribution in [0.3, 0.4) is 0 Å². The lowest BCUT2D eigenvalue weighted by Gasteiger charge is -2.23. The Kier molecular flexibility index (Phi) is 6.21. The predicted octanol–water partition coefficient (Wildman–Crippen LogP) is 3.17. The van der Waals surface area contributed by atoms with Gasteiger partial charge in [-0.05, 0) is 49.1 Å². The first-order chi connectivity index (χ1) is 15.1. The number of benzene rings is 2. The molecule has 1 heterocycles. The van der Waals surface area contributed by atoms with Crippen molar-refractivity contribution >= 4 is 23.5 Å². The zero-order valence-electron chi connectivity index (χ0n) is 17.6. The molecular formula is C24H26N2O5. The second-order valence-corrected chi connectivity index (χ2v) is 7.84. The van der Waals surface area contributed by atoms with Gasteiger partial charge in [-0.3, -0.25) is 9.59 Å². The first kappa shape index (κ1) is 20.9. The van der Waals surface area contributed by atoms with Gasteiger partial charge in [-0.2, -0.15) is 0 Å². The summed E-state index contributed by atoms with van der Waals surface area (Å²) >= 11 is 0. The van der Waals surface area contributed by atoms with Crippen LogP contribution >= 0.6 is 0 Å². The smallest absolute Gasteiger partial charge is 0.340 e. The summed E-state index contributed by atoms with van der Waals surface area (Å²) in [7, 11) is 1.61. The normalized spacial score (nSPS) is 15.6. The van der Waals surface area contributed by atoms with Gasteiger partial charge in [-0.15, -0.1) is 0 Å². The van der Waals surface area contributed by atoms with Gasteiger partial charge in [0, 0.05) is 25.6 Å². The van der Waals surface area contributed by atoms with Crippen LogP contribution in [0.1, 0.15) is 41.6 Å². The van der Waals surface area contributed by atoms with Crippen LogP contribution in [0.15, 0.2) is 48.5 Å². The highest BCUT2D eigenvalue weighted by Crippen LogP contribution is 2.29. The van der Waals surface area contributed by atoms with Crippen LogP contribution in [0.2, 0.25) is 0 Å². The fourth-order valence-electron chi connectivity index (χ4n) is 3.81. The molecule has 0 N–H and O–H groups in total. The number of hydrogen-bond acceptors (Lipinski definition) is 5. The Hall–Kier alpha value is -3.35. The van der Waals surface area contributed by atoms with Crippen molar-refractivity contribution in [2.24, 2.45) is 0 Å². The van der Waals surface area contributed by atoms with Crippen molar-refractivity contribution in [1.29, 1.82) is 0 Å². The Morgan fingerprint density at radius 3 is 2.48 bits per heavy atom. The second-order valence-electron chi connectivity index (χ2n) is 7.84. The van der Waals surface area contributed by atoms with E-state index in [1.54, 1.807) is 41.2 Å². The van der Waals surface area contributed by atoms with Gasteiger partial charge in [-0.1, -0.05) is 24.3 Å². The van der Waals surface area contributed by atoms with Crippen molar-refractivity contribution in [2.75, 3.05) is 25.2 Å². The minimum atomic E-state index is -0.594. The summed E-state index contributed by atoms with van der Waals surface area (Å²) in [6.45, 7) is 0.719. The molecule has 0 radical (unpaired) electrons. The number of methoxy groups -OCH3 is 1. The third-order valence-electron chi connectivity index (χ3n) is 5.63. The zero-order valence-corrected chi connectivity index (χ0v) is 17.6. The maximum Gasteiger partial charge on any atom is 0.340 e. The molecule has 1 saturated carbocycles. The molecule has 4 rings (SSSR count). The quantitative estimate of drug-likeness (QED) is 0.611. The van der Waals surface area contributed by atoms with Crippen molar-refractivity contribution in [1.82, 2.24) is 4.90 Å². The number of hydrogen-bond donors (Lipinski definition) is 0. The lowest BCUT2D eigenvalue weighted by Crippen LogP contribution is -2.36. The summed E-state index contributed by atoms with van der Waals surface area (Å²) in [6, 6.07) is 14.6. The lowest BCUT2D eigenvalue weighted by atomic mass is 10.1. The van der Waals surface area contributed by atoms with E-state index in [-0.39, 0.29) is 24.5 Å². The van der Waals surface area contributed by atoms with Gasteiger partial charge in [0.25, 0.3) is 5.91 Å². The lowest BCUT2D eigenvalue weighted by molar-refractivity contribution is -0.135. The van der Waals surface area contributed by atoms with E-state index in [0.717, 1.165) is 30.6 Å². The SMILES string of the molecule is COc1ccc(CN(C(=O)COC(=O)c2ccccc2N2CCCC2=O)C2CC2)cc1. The average molecular weight is 422 g/mol. The minimum Gasteiger partial charge on any atom is -0.497 e. The average Bonchev–Trinajstić information content (AvgIpc) is 3.55. The van der Waals surface area contributed by atoms with Crippen molar-refractivity contribution in [3.8, 4) is 5.75 Å². The van der Waals surface area contributed by atoms with E-state index in [0.29, 0.717) is 30.8 Å². The third kappa shape index (κ3) is 4.87. The molecule has 2 fully saturated rings. The molecule has 0 aromatic heterocycles. The fraction of sp³-hybridized carbons (Fsp3) is 0.375. The van der Waals surface area contributed by atoms with E-state index in [2.05, 4.69) is 0 Å². The number of para-hydroxylation sites is 1. The van der Waals surface area contributed by atoms with Crippen LogP contribution in [0.4, 0.5) is 5.69 Å². The molecule has 2 aliphatic rings. The van der Waals surface area contributed by atoms with Crippen molar-refractivity contribution in [3.63, 3.8) is 0 Å². The summed E-state index contributed by atoms with van der Waals surface area (Å²) in [5.41, 5.74) is 1.84. The Morgan fingerprint density at radius 1 is 1.10 bits per heavy atom. The van der Waals surface area contributed by atoms with E-state index in [9.17, 15) is 14.4 Å². The van der Waals surface area contributed by atoms with Gasteiger partial charge < -0.3 is 19.3 Å². The summed E-state index contributed by atoms with van der Waals surface area (Å²) < 4.78 is 10.5. The van der Waals surface area contributed by atoms with Gasteiger partial charge >= 0.3 is 5.97 Å². The van der Waals surface area contributed by atoms with Crippen LogP contribution in [0.5, 0.6) is 5.75 Å². The van der Waals surface area contributed by atoms with E-state index in [1.807, 2.05) is 24.3 Å². The monoisotopic (exact) mass is 422 g/mol. The van der Waals surface area contributed by atoms with Crippen LogP contribution in [0, 0.1) is 0 Å². The number of carbonyl (C=O) groups excluding carboxylic acids is 3. The van der Waals surface area contributed by atoms with Gasteiger partial charge in [-0.25, -0.2) is 4.79 Å². The number of carbonyl (C=O) groups is 3. The molecule has 31 heavy (non-hydrogen) atoms. The largest absolute Gasteiger partial charge is 0.497 e. The topological polar surface area (TPSA) is 76.2 Å². The van der Waals surface area contributed by atoms with Crippen molar-refractivity contribution in [3.05, 3.63) is 59.7 Å². The Balaban J connectivity index is 1.40. The molecule has 2 aromatic carbocycles. The molecule has 0 spiro atoms. The second kappa shape index (κ2) is 9.20. The molecule has 0 atom stereocenters. The number of esters is 1. The highest BCUT2D eigenvalue weighted by molar-refractivity contribution is 6.03. The van der Waals surface area contributed by atoms with Crippen LogP contribution in [0.25, 0.3) is 0 Å². The summed E-state index contributed by atoms with van der Waals surface area (Å²) in [5, 5.41) is 0. The maximum absolute atomic E-state index is 12.8. The van der Waals surface area contributed by atoms with Crippen LogP contribution in [-0.4, -0.2) is 49.0 Å². The first-order valence-electron chi connectivity index (χ1n) is 10.6. The summed E-state index contributed by atoms with van der Waals surface area (Å²) in [4.78, 5) is 41.1. The molecule has 1 saturated heterocycles. The number of rotatable bonds is 8. The molecule has 7 heteroatoms. The Bertz CT molecular complexity index is 968. The van der Waals surface area contributed by atoms with Gasteiger partial charge in [0.05, 0.1) is 18.4 Å². The van der Waals surface area contributed by atoms with E-state index in [1.165, 1.54) is 0 Å². The molecule has 0 unspecified atom stereocenters. The van der Waals surface area contributed by atoms with Crippen molar-refractivity contribution < 1.29 is 23.9 Å². The Morgan fingerprint density at radius 2 is 1.84 bits per heavy atom. The molecule has 7 nitrogen and oxygen atoms in total. The molecule has 1 aliphatic carbocycles. The summed E-state index contributed by atoms with van der Waals surface area (Å²) in [5.74, 6) is -0.0573. The maximum atomic E-state index is 12.8.